The molecule has 0 N–H and O–H groups in total. The quantitative estimate of drug-likeness (QED) is 0.310. The smallest absolute Gasteiger partial charge is 0.200 e. The van der Waals surface area contributed by atoms with Crippen molar-refractivity contribution in [2.24, 2.45) is 0 Å². The maximum atomic E-state index is 13.0. The van der Waals surface area contributed by atoms with E-state index in [2.05, 4.69) is 0 Å². The molecule has 0 radical (unpaired) electrons. The summed E-state index contributed by atoms with van der Waals surface area (Å²) in [6.45, 7) is 0. The molecule has 1 rings (SSSR count). The van der Waals surface area contributed by atoms with Crippen molar-refractivity contribution in [3.63, 3.8) is 0 Å². The zero-order chi connectivity index (χ0) is 12.0. The van der Waals surface area contributed by atoms with Crippen LogP contribution in [0.1, 0.15) is 0 Å². The van der Waals surface area contributed by atoms with E-state index in [1.54, 1.807) is 0 Å². The highest BCUT2D eigenvalue weighted by Gasteiger charge is 2.47. The average Bonchev–Trinajstić information content (AvgIpc) is 2.09. The molecule has 84 valence electrons. The van der Waals surface area contributed by atoms with Gasteiger partial charge in [-0.2, -0.15) is 8.78 Å². The van der Waals surface area contributed by atoms with E-state index in [9.17, 15) is 22.0 Å². The van der Waals surface area contributed by atoms with Crippen LogP contribution in [-0.2, 0) is 0 Å². The summed E-state index contributed by atoms with van der Waals surface area (Å²) in [5.74, 6) is -10.8. The van der Waals surface area contributed by atoms with Crippen molar-refractivity contribution in [2.75, 3.05) is 0 Å². The first kappa shape index (κ1) is 13.2. The van der Waals surface area contributed by atoms with E-state index in [0.29, 0.717) is 0 Å². The maximum absolute atomic E-state index is 13.0. The van der Waals surface area contributed by atoms with E-state index in [0.717, 1.165) is 0 Å². The van der Waals surface area contributed by atoms with Gasteiger partial charge in [-0.1, -0.05) is 0 Å². The lowest BCUT2D eigenvalue weighted by Crippen LogP contribution is -2.18. The normalized spacial score (nSPS) is 12.0. The van der Waals surface area contributed by atoms with Gasteiger partial charge in [0.05, 0.1) is 0 Å². The van der Waals surface area contributed by atoms with Gasteiger partial charge in [0.1, 0.15) is 33.7 Å². The molecule has 0 unspecified atom stereocenters. The fourth-order valence-electron chi connectivity index (χ4n) is 0.816. The minimum atomic E-state index is -3.90. The van der Waals surface area contributed by atoms with Gasteiger partial charge in [0, 0.05) is 0 Å². The highest BCUT2D eigenvalue weighted by molar-refractivity contribution is 8.36. The van der Waals surface area contributed by atoms with Crippen LogP contribution in [0.3, 0.4) is 0 Å². The van der Waals surface area contributed by atoms with E-state index in [1.165, 1.54) is 0 Å². The summed E-state index contributed by atoms with van der Waals surface area (Å²) in [7, 11) is 0. The van der Waals surface area contributed by atoms with E-state index >= 15 is 0 Å². The molecule has 0 saturated heterocycles. The number of benzene rings is 1. The first-order valence-electron chi connectivity index (χ1n) is 3.18. The molecule has 0 nitrogen and oxygen atoms in total. The van der Waals surface area contributed by atoms with Gasteiger partial charge in [-0.25, -0.2) is 13.2 Å². The molecule has 1 aromatic rings. The van der Waals surface area contributed by atoms with Crippen LogP contribution in [0.25, 0.3) is 0 Å². The molecule has 0 atom stereocenters. The van der Waals surface area contributed by atoms with Crippen molar-refractivity contribution in [1.82, 2.24) is 0 Å². The molecule has 0 amide bonds. The molecule has 0 aliphatic rings. The molecule has 0 bridgehead atoms. The lowest BCUT2D eigenvalue weighted by molar-refractivity contribution is 0.384. The van der Waals surface area contributed by atoms with Gasteiger partial charge in [-0.05, 0) is 0 Å². The van der Waals surface area contributed by atoms with Gasteiger partial charge >= 0.3 is 5.32 Å². The summed E-state index contributed by atoms with van der Waals surface area (Å²) in [6.07, 6.45) is 0. The minimum absolute atomic E-state index is 1.39. The Balaban J connectivity index is 3.68. The van der Waals surface area contributed by atoms with E-state index in [1.807, 2.05) is 0 Å². The molecule has 9 heteroatoms. The zero-order valence-corrected chi connectivity index (χ0v) is 9.63. The maximum Gasteiger partial charge on any atom is 0.345 e. The zero-order valence-electron chi connectivity index (χ0n) is 6.47. The Hall–Kier alpha value is 0.170. The fraction of sp³-hybridized carbons (Fsp3) is 0. The molecule has 0 aliphatic heterocycles. The highest BCUT2D eigenvalue weighted by Crippen LogP contribution is 2.73. The summed E-state index contributed by atoms with van der Waals surface area (Å²) >= 11 is 15.5. The number of hydrogen-bond acceptors (Lipinski definition) is 0. The third kappa shape index (κ3) is 2.31. The van der Waals surface area contributed by atoms with Gasteiger partial charge in [-0.15, -0.1) is 0 Å². The van der Waals surface area contributed by atoms with Crippen LogP contribution < -0.4 is 5.30 Å². The SMILES string of the molecule is Fc1c(F)c(F)c([P+](Cl)(Cl)Cl)c(F)c1F. The Morgan fingerprint density at radius 2 is 0.867 bits per heavy atom. The van der Waals surface area contributed by atoms with Gasteiger partial charge in [0.2, 0.25) is 34.4 Å². The number of halogens is 8. The van der Waals surface area contributed by atoms with Gasteiger partial charge in [-0.3, -0.25) is 0 Å². The predicted octanol–water partition coefficient (Wildman–Crippen LogP) is 4.49. The molecule has 0 aliphatic carbocycles. The van der Waals surface area contributed by atoms with Crippen LogP contribution in [0.5, 0.6) is 0 Å². The molecule has 0 fully saturated rings. The van der Waals surface area contributed by atoms with Crippen LogP contribution >= 0.6 is 39.0 Å². The molecular weight excluding hydrogens is 304 g/mol. The molecule has 0 aromatic heterocycles. The summed E-state index contributed by atoms with van der Waals surface area (Å²) < 4.78 is 63.7. The van der Waals surface area contributed by atoms with Crippen molar-refractivity contribution >= 4 is 44.3 Å². The van der Waals surface area contributed by atoms with Crippen LogP contribution in [0.4, 0.5) is 22.0 Å². The molecular formula is C6Cl3F5P+. The van der Waals surface area contributed by atoms with Gasteiger partial charge in [0.25, 0.3) is 0 Å². The summed E-state index contributed by atoms with van der Waals surface area (Å²) in [4.78, 5) is 0. The molecule has 0 saturated carbocycles. The number of rotatable bonds is 1. The second-order valence-corrected chi connectivity index (χ2v) is 9.82. The third-order valence-electron chi connectivity index (χ3n) is 1.44. The molecule has 1 aromatic carbocycles. The van der Waals surface area contributed by atoms with Crippen molar-refractivity contribution in [1.29, 1.82) is 0 Å². The second-order valence-electron chi connectivity index (χ2n) is 2.36. The first-order valence-corrected chi connectivity index (χ1v) is 7.68. The van der Waals surface area contributed by atoms with Crippen molar-refractivity contribution < 1.29 is 22.0 Å². The largest absolute Gasteiger partial charge is 0.345 e. The van der Waals surface area contributed by atoms with E-state index < -0.39 is 39.7 Å². The molecule has 0 heterocycles. The fourth-order valence-corrected chi connectivity index (χ4v) is 2.79. The van der Waals surface area contributed by atoms with Crippen LogP contribution in [-0.4, -0.2) is 0 Å². The lowest BCUT2D eigenvalue weighted by Gasteiger charge is -2.05. The Labute approximate surface area is 95.6 Å². The second kappa shape index (κ2) is 4.21. The minimum Gasteiger partial charge on any atom is -0.200 e. The van der Waals surface area contributed by atoms with Crippen molar-refractivity contribution in [2.45, 2.75) is 0 Å². The molecule has 15 heavy (non-hydrogen) atoms. The van der Waals surface area contributed by atoms with Crippen LogP contribution in [0.15, 0.2) is 0 Å². The van der Waals surface area contributed by atoms with Crippen LogP contribution in [0, 0.1) is 29.1 Å². The summed E-state index contributed by atoms with van der Waals surface area (Å²) in [5.41, 5.74) is 0. The van der Waals surface area contributed by atoms with Crippen molar-refractivity contribution in [3.05, 3.63) is 29.1 Å². The highest BCUT2D eigenvalue weighted by atomic mass is 36.1. The van der Waals surface area contributed by atoms with Gasteiger partial charge < -0.3 is 0 Å². The molecule has 0 spiro atoms. The standard InChI is InChI=1S/C6Cl3F5P/c7-15(8,9)6-4(13)2(11)1(10)3(12)5(6)14/q+1. The van der Waals surface area contributed by atoms with E-state index in [-0.39, 0.29) is 0 Å². The third-order valence-corrected chi connectivity index (χ3v) is 3.86. The Morgan fingerprint density at radius 3 is 1.13 bits per heavy atom. The van der Waals surface area contributed by atoms with Gasteiger partial charge in [0.15, 0.2) is 0 Å². The summed E-state index contributed by atoms with van der Waals surface area (Å²) in [6, 6.07) is 0. The van der Waals surface area contributed by atoms with Crippen LogP contribution in [0.2, 0.25) is 0 Å². The average molecular weight is 304 g/mol. The Bertz CT molecular complexity index is 387. The topological polar surface area (TPSA) is 0 Å². The predicted molar refractivity (Wildman–Crippen MR) is 50.3 cm³/mol. The van der Waals surface area contributed by atoms with E-state index in [4.69, 9.17) is 33.7 Å². The monoisotopic (exact) mass is 303 g/mol. The lowest BCUT2D eigenvalue weighted by atomic mass is 10.3. The number of hydrogen-bond donors (Lipinski definition) is 0. The Morgan fingerprint density at radius 1 is 0.600 bits per heavy atom. The van der Waals surface area contributed by atoms with Crippen molar-refractivity contribution in [3.8, 4) is 0 Å². The Kier molecular flexibility index (Phi) is 3.71. The first-order chi connectivity index (χ1) is 6.68. The summed E-state index contributed by atoms with van der Waals surface area (Å²) in [5, 5.41) is -5.28.